The van der Waals surface area contributed by atoms with E-state index >= 15 is 0 Å². The summed E-state index contributed by atoms with van der Waals surface area (Å²) in [7, 11) is 3.57. The van der Waals surface area contributed by atoms with Crippen LogP contribution in [0.3, 0.4) is 0 Å². The molecule has 0 aliphatic carbocycles. The van der Waals surface area contributed by atoms with Gasteiger partial charge in [0.05, 0.1) is 0 Å². The van der Waals surface area contributed by atoms with Gasteiger partial charge in [-0.25, -0.2) is 9.97 Å². The summed E-state index contributed by atoms with van der Waals surface area (Å²) in [4.78, 5) is 8.69. The van der Waals surface area contributed by atoms with Crippen LogP contribution in [0.5, 0.6) is 0 Å². The van der Waals surface area contributed by atoms with E-state index in [2.05, 4.69) is 20.6 Å². The molecule has 0 radical (unpaired) electrons. The molecule has 0 saturated heterocycles. The van der Waals surface area contributed by atoms with Crippen molar-refractivity contribution in [2.45, 2.75) is 20.3 Å². The Bertz CT molecular complexity index is 341. The van der Waals surface area contributed by atoms with Crippen LogP contribution in [0.25, 0.3) is 0 Å². The standard InChI is InChI=1S/C11H20N4O/c1-8-10(12-3)14-9(2)15-11(8)13-6-5-7-16-4/h5-7H2,1-4H3,(H2,12,13,14,15). The number of hydrogen-bond acceptors (Lipinski definition) is 5. The van der Waals surface area contributed by atoms with Gasteiger partial charge in [-0.15, -0.1) is 0 Å². The van der Waals surface area contributed by atoms with E-state index in [0.29, 0.717) is 0 Å². The van der Waals surface area contributed by atoms with Crippen LogP contribution in [-0.4, -0.2) is 37.3 Å². The number of nitrogens with zero attached hydrogens (tertiary/aromatic N) is 2. The van der Waals surface area contributed by atoms with Gasteiger partial charge in [-0.1, -0.05) is 0 Å². The molecule has 5 nitrogen and oxygen atoms in total. The van der Waals surface area contributed by atoms with Gasteiger partial charge >= 0.3 is 0 Å². The molecule has 1 aromatic rings. The monoisotopic (exact) mass is 224 g/mol. The first-order valence-electron chi connectivity index (χ1n) is 5.44. The zero-order valence-electron chi connectivity index (χ0n) is 10.4. The van der Waals surface area contributed by atoms with Gasteiger partial charge in [-0.3, -0.25) is 0 Å². The number of nitrogens with one attached hydrogen (secondary N) is 2. The summed E-state index contributed by atoms with van der Waals surface area (Å²) in [6, 6.07) is 0. The fourth-order valence-corrected chi connectivity index (χ4v) is 1.47. The summed E-state index contributed by atoms with van der Waals surface area (Å²) in [5.74, 6) is 2.54. The zero-order chi connectivity index (χ0) is 12.0. The molecule has 1 rings (SSSR count). The Morgan fingerprint density at radius 1 is 1.19 bits per heavy atom. The van der Waals surface area contributed by atoms with Crippen LogP contribution in [0.4, 0.5) is 11.6 Å². The first-order chi connectivity index (χ1) is 7.69. The minimum absolute atomic E-state index is 0.759. The van der Waals surface area contributed by atoms with Crippen molar-refractivity contribution < 1.29 is 4.74 Å². The summed E-state index contributed by atoms with van der Waals surface area (Å²) < 4.78 is 4.99. The molecule has 5 heteroatoms. The summed E-state index contributed by atoms with van der Waals surface area (Å²) in [5, 5.41) is 6.35. The predicted octanol–water partition coefficient (Wildman–Crippen LogP) is 1.58. The summed E-state index contributed by atoms with van der Waals surface area (Å²) in [5.41, 5.74) is 1.05. The first-order valence-corrected chi connectivity index (χ1v) is 5.44. The highest BCUT2D eigenvalue weighted by molar-refractivity contribution is 5.56. The second kappa shape index (κ2) is 6.27. The van der Waals surface area contributed by atoms with Gasteiger partial charge in [0.1, 0.15) is 17.5 Å². The average molecular weight is 224 g/mol. The van der Waals surface area contributed by atoms with Crippen LogP contribution < -0.4 is 10.6 Å². The molecule has 0 bridgehead atoms. The Balaban J connectivity index is 2.67. The second-order valence-corrected chi connectivity index (χ2v) is 3.62. The summed E-state index contributed by atoms with van der Waals surface area (Å²) in [6.45, 7) is 5.51. The Morgan fingerprint density at radius 2 is 1.88 bits per heavy atom. The number of hydrogen-bond donors (Lipinski definition) is 2. The Morgan fingerprint density at radius 3 is 2.50 bits per heavy atom. The molecule has 0 aromatic carbocycles. The molecule has 0 fully saturated rings. The van der Waals surface area contributed by atoms with Gasteiger partial charge in [0.15, 0.2) is 0 Å². The van der Waals surface area contributed by atoms with E-state index in [0.717, 1.165) is 42.6 Å². The van der Waals surface area contributed by atoms with Crippen LogP contribution in [0, 0.1) is 13.8 Å². The smallest absolute Gasteiger partial charge is 0.134 e. The lowest BCUT2D eigenvalue weighted by atomic mass is 10.3. The van der Waals surface area contributed by atoms with Crippen molar-refractivity contribution >= 4 is 11.6 Å². The number of methoxy groups -OCH3 is 1. The number of ether oxygens (including phenoxy) is 1. The van der Waals surface area contributed by atoms with Gasteiger partial charge < -0.3 is 15.4 Å². The van der Waals surface area contributed by atoms with Crippen molar-refractivity contribution in [3.63, 3.8) is 0 Å². The number of aryl methyl sites for hydroxylation is 1. The normalized spacial score (nSPS) is 10.2. The lowest BCUT2D eigenvalue weighted by molar-refractivity contribution is 0.197. The number of rotatable bonds is 6. The van der Waals surface area contributed by atoms with E-state index in [1.54, 1.807) is 7.11 Å². The van der Waals surface area contributed by atoms with Crippen molar-refractivity contribution in [1.29, 1.82) is 0 Å². The molecule has 2 N–H and O–H groups in total. The van der Waals surface area contributed by atoms with Gasteiger partial charge in [0.25, 0.3) is 0 Å². The summed E-state index contributed by atoms with van der Waals surface area (Å²) in [6.07, 6.45) is 0.966. The zero-order valence-corrected chi connectivity index (χ0v) is 10.4. The highest BCUT2D eigenvalue weighted by atomic mass is 16.5. The predicted molar refractivity (Wildman–Crippen MR) is 66.0 cm³/mol. The minimum Gasteiger partial charge on any atom is -0.385 e. The van der Waals surface area contributed by atoms with Crippen LogP contribution in [0.15, 0.2) is 0 Å². The Labute approximate surface area is 96.6 Å². The topological polar surface area (TPSA) is 59.1 Å². The second-order valence-electron chi connectivity index (χ2n) is 3.62. The third-order valence-electron chi connectivity index (χ3n) is 2.31. The van der Waals surface area contributed by atoms with Crippen LogP contribution in [0.2, 0.25) is 0 Å². The van der Waals surface area contributed by atoms with Crippen molar-refractivity contribution in [3.8, 4) is 0 Å². The molecule has 0 saturated carbocycles. The van der Waals surface area contributed by atoms with E-state index in [4.69, 9.17) is 4.74 Å². The van der Waals surface area contributed by atoms with E-state index in [1.165, 1.54) is 0 Å². The lowest BCUT2D eigenvalue weighted by Gasteiger charge is -2.12. The molecule has 1 heterocycles. The van der Waals surface area contributed by atoms with Gasteiger partial charge in [0.2, 0.25) is 0 Å². The molecular formula is C11H20N4O. The highest BCUT2D eigenvalue weighted by Crippen LogP contribution is 2.18. The molecule has 0 atom stereocenters. The Hall–Kier alpha value is -1.36. The molecule has 90 valence electrons. The largest absolute Gasteiger partial charge is 0.385 e. The molecule has 0 aliphatic rings. The number of anilines is 2. The molecule has 0 spiro atoms. The van der Waals surface area contributed by atoms with E-state index in [-0.39, 0.29) is 0 Å². The maximum Gasteiger partial charge on any atom is 0.134 e. The third kappa shape index (κ3) is 3.34. The third-order valence-corrected chi connectivity index (χ3v) is 2.31. The van der Waals surface area contributed by atoms with Crippen molar-refractivity contribution in [3.05, 3.63) is 11.4 Å². The maximum atomic E-state index is 4.99. The van der Waals surface area contributed by atoms with E-state index < -0.39 is 0 Å². The average Bonchev–Trinajstić information content (AvgIpc) is 2.28. The van der Waals surface area contributed by atoms with Gasteiger partial charge in [0, 0.05) is 32.9 Å². The molecule has 16 heavy (non-hydrogen) atoms. The molecular weight excluding hydrogens is 204 g/mol. The van der Waals surface area contributed by atoms with Gasteiger partial charge in [-0.05, 0) is 20.3 Å². The van der Waals surface area contributed by atoms with Crippen LogP contribution in [-0.2, 0) is 4.74 Å². The molecule has 0 amide bonds. The molecule has 0 unspecified atom stereocenters. The fourth-order valence-electron chi connectivity index (χ4n) is 1.47. The molecule has 0 aliphatic heterocycles. The summed E-state index contributed by atoms with van der Waals surface area (Å²) >= 11 is 0. The van der Waals surface area contributed by atoms with Crippen LogP contribution in [0.1, 0.15) is 17.8 Å². The SMILES string of the molecule is CNc1nc(C)nc(NCCCOC)c1C. The minimum atomic E-state index is 0.759. The van der Waals surface area contributed by atoms with Crippen molar-refractivity contribution in [2.24, 2.45) is 0 Å². The molecule has 1 aromatic heterocycles. The highest BCUT2D eigenvalue weighted by Gasteiger charge is 2.06. The Kier molecular flexibility index (Phi) is 4.98. The van der Waals surface area contributed by atoms with Gasteiger partial charge in [-0.2, -0.15) is 0 Å². The van der Waals surface area contributed by atoms with Crippen molar-refractivity contribution in [2.75, 3.05) is 37.9 Å². The van der Waals surface area contributed by atoms with E-state index in [1.807, 2.05) is 20.9 Å². The van der Waals surface area contributed by atoms with E-state index in [9.17, 15) is 0 Å². The maximum absolute atomic E-state index is 4.99. The number of aromatic nitrogens is 2. The fraction of sp³-hybridized carbons (Fsp3) is 0.636. The lowest BCUT2D eigenvalue weighted by Crippen LogP contribution is -2.10. The quantitative estimate of drug-likeness (QED) is 0.718. The van der Waals surface area contributed by atoms with Crippen molar-refractivity contribution in [1.82, 2.24) is 9.97 Å². The van der Waals surface area contributed by atoms with Crippen LogP contribution >= 0.6 is 0 Å². The first kappa shape index (κ1) is 12.7.